The van der Waals surface area contributed by atoms with Crippen LogP contribution in [0, 0.1) is 0 Å². The van der Waals surface area contributed by atoms with Crippen molar-refractivity contribution in [3.8, 4) is 0 Å². The first-order chi connectivity index (χ1) is 6.51. The van der Waals surface area contributed by atoms with Gasteiger partial charge in [0.2, 0.25) is 8.32 Å². The molecule has 1 atom stereocenters. The van der Waals surface area contributed by atoms with Gasteiger partial charge in [0.15, 0.2) is 0 Å². The molecule has 0 aliphatic rings. The van der Waals surface area contributed by atoms with E-state index in [0.717, 1.165) is 18.1 Å². The van der Waals surface area contributed by atoms with Gasteiger partial charge in [-0.05, 0) is 22.7 Å². The van der Waals surface area contributed by atoms with E-state index < -0.39 is 16.1 Å². The second-order valence-electron chi connectivity index (χ2n) is 2.92. The average molecular weight is 309 g/mol. The molecule has 0 bridgehead atoms. The molecule has 0 aromatic rings. The maximum atomic E-state index is 12.0. The minimum absolute atomic E-state index is 0.740. The van der Waals surface area contributed by atoms with Crippen LogP contribution in [0.1, 0.15) is 20.8 Å². The van der Waals surface area contributed by atoms with Crippen LogP contribution < -0.4 is 0 Å². The van der Waals surface area contributed by atoms with E-state index in [-0.39, 0.29) is 0 Å². The van der Waals surface area contributed by atoms with Gasteiger partial charge in [-0.25, -0.2) is 8.18 Å². The SMILES string of the molecule is CC[Si](CC)(CC)OP(=O)(OF)OBr. The van der Waals surface area contributed by atoms with Gasteiger partial charge < -0.3 is 4.21 Å². The number of hydrogen-bond acceptors (Lipinski definition) is 4. The molecule has 1 unspecified atom stereocenters. The van der Waals surface area contributed by atoms with Crippen molar-refractivity contribution >= 4 is 32.4 Å². The summed E-state index contributed by atoms with van der Waals surface area (Å²) in [6.45, 7) is 5.78. The van der Waals surface area contributed by atoms with E-state index in [0.29, 0.717) is 0 Å². The second kappa shape index (κ2) is 6.35. The summed E-state index contributed by atoms with van der Waals surface area (Å²) in [7, 11) is -6.22. The van der Waals surface area contributed by atoms with Gasteiger partial charge in [-0.2, -0.15) is 0 Å². The molecule has 0 aliphatic heterocycles. The summed E-state index contributed by atoms with van der Waals surface area (Å²) in [6.07, 6.45) is 0. The van der Waals surface area contributed by atoms with Crippen molar-refractivity contribution in [2.24, 2.45) is 0 Å². The highest BCUT2D eigenvalue weighted by Crippen LogP contribution is 2.55. The third-order valence-corrected chi connectivity index (χ3v) is 10.1. The second-order valence-corrected chi connectivity index (χ2v) is 10.2. The summed E-state index contributed by atoms with van der Waals surface area (Å²) in [5, 5.41) is 0. The predicted molar refractivity (Wildman–Crippen MR) is 58.1 cm³/mol. The van der Waals surface area contributed by atoms with E-state index in [2.05, 4.69) is 24.6 Å². The standard InChI is InChI=1S/C6H15BrFO4PSi/c1-4-14(5-2,6-3)12-13(9,10-7)11-8/h4-6H2,1-3H3. The lowest BCUT2D eigenvalue weighted by atomic mass is 10.9. The fraction of sp³-hybridized carbons (Fsp3) is 1.00. The Labute approximate surface area is 93.2 Å². The number of phosphoric acid groups is 1. The van der Waals surface area contributed by atoms with E-state index in [1.165, 1.54) is 0 Å². The Bertz CT molecular complexity index is 198. The maximum absolute atomic E-state index is 12.0. The monoisotopic (exact) mass is 308 g/mol. The van der Waals surface area contributed by atoms with Crippen molar-refractivity contribution < 1.29 is 21.6 Å². The molecule has 4 nitrogen and oxygen atoms in total. The van der Waals surface area contributed by atoms with Gasteiger partial charge in [0.05, 0.1) is 0 Å². The minimum atomic E-state index is -4.04. The third-order valence-electron chi connectivity index (χ3n) is 2.41. The molecular formula is C6H15BrFO4PSi. The fourth-order valence-corrected chi connectivity index (χ4v) is 7.08. The van der Waals surface area contributed by atoms with E-state index in [1.807, 2.05) is 20.8 Å². The Hall–Kier alpha value is 0.737. The maximum Gasteiger partial charge on any atom is 0.507 e. The predicted octanol–water partition coefficient (Wildman–Crippen LogP) is 4.34. The molecule has 0 saturated carbocycles. The van der Waals surface area contributed by atoms with Crippen LogP contribution in [-0.2, 0) is 17.1 Å². The Morgan fingerprint density at radius 3 is 1.93 bits per heavy atom. The van der Waals surface area contributed by atoms with Crippen molar-refractivity contribution in [2.75, 3.05) is 0 Å². The first-order valence-electron chi connectivity index (χ1n) is 4.43. The molecule has 14 heavy (non-hydrogen) atoms. The van der Waals surface area contributed by atoms with Crippen molar-refractivity contribution in [1.29, 1.82) is 0 Å². The Morgan fingerprint density at radius 2 is 1.71 bits per heavy atom. The number of halogens is 2. The zero-order chi connectivity index (χ0) is 11.2. The van der Waals surface area contributed by atoms with Gasteiger partial charge in [-0.3, -0.25) is 0 Å². The summed E-state index contributed by atoms with van der Waals surface area (Å²) in [6, 6.07) is 2.22. The van der Waals surface area contributed by atoms with Gasteiger partial charge in [0, 0.05) is 0 Å². The molecule has 0 fully saturated rings. The molecule has 0 aliphatic carbocycles. The van der Waals surface area contributed by atoms with Crippen molar-refractivity contribution in [1.82, 2.24) is 0 Å². The van der Waals surface area contributed by atoms with Crippen LogP contribution in [0.2, 0.25) is 18.1 Å². The lowest BCUT2D eigenvalue weighted by molar-refractivity contribution is -0.0323. The van der Waals surface area contributed by atoms with E-state index >= 15 is 0 Å². The summed E-state index contributed by atoms with van der Waals surface area (Å²) in [5.74, 6) is 0. The molecule has 0 N–H and O–H groups in total. The van der Waals surface area contributed by atoms with Crippen LogP contribution in [-0.4, -0.2) is 8.32 Å². The zero-order valence-corrected chi connectivity index (χ0v) is 11.9. The van der Waals surface area contributed by atoms with Crippen LogP contribution in [0.4, 0.5) is 4.53 Å². The molecule has 0 spiro atoms. The van der Waals surface area contributed by atoms with Crippen LogP contribution in [0.25, 0.3) is 0 Å². The third kappa shape index (κ3) is 3.71. The quantitative estimate of drug-likeness (QED) is 0.518. The highest BCUT2D eigenvalue weighted by atomic mass is 79.9. The van der Waals surface area contributed by atoms with E-state index in [1.54, 1.807) is 0 Å². The largest absolute Gasteiger partial charge is 0.507 e. The van der Waals surface area contributed by atoms with Crippen LogP contribution in [0.15, 0.2) is 0 Å². The smallest absolute Gasteiger partial charge is 0.327 e. The normalized spacial score (nSPS) is 16.6. The highest BCUT2D eigenvalue weighted by Gasteiger charge is 2.41. The Kier molecular flexibility index (Phi) is 6.68. The summed E-state index contributed by atoms with van der Waals surface area (Å²) < 4.78 is 36.0. The van der Waals surface area contributed by atoms with Gasteiger partial charge >= 0.3 is 7.82 Å². The first kappa shape index (κ1) is 14.7. The average Bonchev–Trinajstić information content (AvgIpc) is 2.26. The number of hydrogen-bond donors (Lipinski definition) is 0. The van der Waals surface area contributed by atoms with E-state index in [9.17, 15) is 9.09 Å². The van der Waals surface area contributed by atoms with Gasteiger partial charge in [-0.1, -0.05) is 25.5 Å². The Balaban J connectivity index is 4.65. The molecule has 0 heterocycles. The topological polar surface area (TPSA) is 44.8 Å². The molecular weight excluding hydrogens is 294 g/mol. The highest BCUT2D eigenvalue weighted by molar-refractivity contribution is 9.06. The van der Waals surface area contributed by atoms with Gasteiger partial charge in [0.25, 0.3) is 0 Å². The molecule has 0 saturated heterocycles. The Morgan fingerprint density at radius 1 is 1.29 bits per heavy atom. The molecule has 0 amide bonds. The summed E-state index contributed by atoms with van der Waals surface area (Å²) in [4.78, 5) is 0. The molecule has 0 radical (unpaired) electrons. The lowest BCUT2D eigenvalue weighted by Gasteiger charge is -2.28. The molecule has 0 aromatic carbocycles. The van der Waals surface area contributed by atoms with Crippen molar-refractivity contribution in [3.63, 3.8) is 0 Å². The van der Waals surface area contributed by atoms with Crippen molar-refractivity contribution in [3.05, 3.63) is 0 Å². The van der Waals surface area contributed by atoms with E-state index in [4.69, 9.17) is 4.21 Å². The molecule has 86 valence electrons. The molecule has 0 aromatic heterocycles. The van der Waals surface area contributed by atoms with Crippen molar-refractivity contribution in [2.45, 2.75) is 38.9 Å². The zero-order valence-electron chi connectivity index (χ0n) is 8.46. The molecule has 0 rings (SSSR count). The van der Waals surface area contributed by atoms with Crippen LogP contribution >= 0.6 is 24.1 Å². The number of rotatable bonds is 7. The van der Waals surface area contributed by atoms with Crippen LogP contribution in [0.5, 0.6) is 0 Å². The van der Waals surface area contributed by atoms with Gasteiger partial charge in [0.1, 0.15) is 16.3 Å². The first-order valence-corrected chi connectivity index (χ1v) is 9.06. The molecule has 8 heteroatoms. The minimum Gasteiger partial charge on any atom is -0.327 e. The van der Waals surface area contributed by atoms with Crippen LogP contribution in [0.3, 0.4) is 0 Å². The van der Waals surface area contributed by atoms with Gasteiger partial charge in [-0.15, -0.1) is 0 Å². The fourth-order valence-electron chi connectivity index (χ4n) is 1.22. The summed E-state index contributed by atoms with van der Waals surface area (Å²) >= 11 is 2.44. The lowest BCUT2D eigenvalue weighted by Crippen LogP contribution is -2.34. The summed E-state index contributed by atoms with van der Waals surface area (Å²) in [5.41, 5.74) is 0.